The van der Waals surface area contributed by atoms with Crippen LogP contribution in [0.1, 0.15) is 36.4 Å². The number of thiazole rings is 1. The van der Waals surface area contributed by atoms with Gasteiger partial charge in [0.05, 0.1) is 10.7 Å². The number of carbonyl (C=O) groups is 1. The van der Waals surface area contributed by atoms with Gasteiger partial charge in [0.15, 0.2) is 0 Å². The number of anilines is 2. The number of benzene rings is 1. The van der Waals surface area contributed by atoms with Crippen molar-refractivity contribution in [2.75, 3.05) is 23.3 Å². The summed E-state index contributed by atoms with van der Waals surface area (Å²) in [6.07, 6.45) is 8.45. The third kappa shape index (κ3) is 4.68. The number of rotatable bonds is 4. The highest BCUT2D eigenvalue weighted by atomic mass is 32.1. The molecule has 126 valence electrons. The highest BCUT2D eigenvalue weighted by Gasteiger charge is 2.09. The minimum atomic E-state index is -0.136. The normalized spacial score (nSPS) is 15.5. The molecule has 3 rings (SSSR count). The number of carbonyl (C=O) groups excluding carboxylic acids is 1. The molecule has 0 radical (unpaired) electrons. The summed E-state index contributed by atoms with van der Waals surface area (Å²) >= 11 is 1.58. The first kappa shape index (κ1) is 16.7. The van der Waals surface area contributed by atoms with Crippen LogP contribution in [0.4, 0.5) is 11.4 Å². The SMILES string of the molecule is Cc1nc(/C=C/C(=O)Nc2ccc(N3CCCCCC3)cc2)cs1. The monoisotopic (exact) mass is 341 g/mol. The Morgan fingerprint density at radius 1 is 1.17 bits per heavy atom. The zero-order valence-electron chi connectivity index (χ0n) is 14.0. The molecule has 0 bridgehead atoms. The maximum atomic E-state index is 12.0. The molecule has 4 nitrogen and oxygen atoms in total. The first-order valence-corrected chi connectivity index (χ1v) is 9.35. The average Bonchev–Trinajstić information content (AvgIpc) is 2.84. The minimum absolute atomic E-state index is 0.136. The second kappa shape index (κ2) is 8.11. The third-order valence-electron chi connectivity index (χ3n) is 4.15. The quantitative estimate of drug-likeness (QED) is 0.834. The highest BCUT2D eigenvalue weighted by molar-refractivity contribution is 7.09. The summed E-state index contributed by atoms with van der Waals surface area (Å²) in [5, 5.41) is 5.83. The predicted octanol–water partition coefficient (Wildman–Crippen LogP) is 4.48. The Labute approximate surface area is 147 Å². The van der Waals surface area contributed by atoms with E-state index in [1.807, 2.05) is 24.4 Å². The minimum Gasteiger partial charge on any atom is -0.372 e. The van der Waals surface area contributed by atoms with E-state index >= 15 is 0 Å². The summed E-state index contributed by atoms with van der Waals surface area (Å²) < 4.78 is 0. The molecule has 0 spiro atoms. The molecule has 24 heavy (non-hydrogen) atoms. The van der Waals surface area contributed by atoms with Gasteiger partial charge in [0.2, 0.25) is 5.91 Å². The maximum Gasteiger partial charge on any atom is 0.248 e. The van der Waals surface area contributed by atoms with Gasteiger partial charge in [-0.15, -0.1) is 11.3 Å². The van der Waals surface area contributed by atoms with Gasteiger partial charge in [0.1, 0.15) is 0 Å². The summed E-state index contributed by atoms with van der Waals surface area (Å²) in [5.41, 5.74) is 2.88. The molecule has 1 aliphatic rings. The predicted molar refractivity (Wildman–Crippen MR) is 102 cm³/mol. The molecule has 0 aliphatic carbocycles. The van der Waals surface area contributed by atoms with Gasteiger partial charge in [-0.05, 0) is 50.1 Å². The fourth-order valence-corrected chi connectivity index (χ4v) is 3.47. The van der Waals surface area contributed by atoms with Gasteiger partial charge >= 0.3 is 0 Å². The van der Waals surface area contributed by atoms with Crippen LogP contribution in [0, 0.1) is 6.92 Å². The number of nitrogens with zero attached hydrogens (tertiary/aromatic N) is 2. The van der Waals surface area contributed by atoms with Crippen LogP contribution < -0.4 is 10.2 Å². The maximum absolute atomic E-state index is 12.0. The molecule has 1 aromatic heterocycles. The standard InChI is InChI=1S/C19H23N3OS/c1-15-20-17(14-24-15)8-11-19(23)21-16-6-9-18(10-7-16)22-12-4-2-3-5-13-22/h6-11,14H,2-5,12-13H2,1H3,(H,21,23)/b11-8+. The Kier molecular flexibility index (Phi) is 5.64. The molecule has 0 saturated carbocycles. The first-order chi connectivity index (χ1) is 11.7. The van der Waals surface area contributed by atoms with Gasteiger partial charge in [-0.2, -0.15) is 0 Å². The van der Waals surface area contributed by atoms with E-state index in [9.17, 15) is 4.79 Å². The van der Waals surface area contributed by atoms with Crippen LogP contribution >= 0.6 is 11.3 Å². The van der Waals surface area contributed by atoms with Crippen molar-refractivity contribution in [2.45, 2.75) is 32.6 Å². The third-order valence-corrected chi connectivity index (χ3v) is 4.94. The van der Waals surface area contributed by atoms with E-state index < -0.39 is 0 Å². The van der Waals surface area contributed by atoms with Crippen LogP contribution in [0.2, 0.25) is 0 Å². The van der Waals surface area contributed by atoms with Crippen LogP contribution in [0.3, 0.4) is 0 Å². The van der Waals surface area contributed by atoms with E-state index in [0.29, 0.717) is 0 Å². The number of aromatic nitrogens is 1. The number of aryl methyl sites for hydroxylation is 1. The van der Waals surface area contributed by atoms with Gasteiger partial charge in [0, 0.05) is 35.9 Å². The molecule has 1 N–H and O–H groups in total. The van der Waals surface area contributed by atoms with E-state index in [1.165, 1.54) is 37.4 Å². The van der Waals surface area contributed by atoms with Crippen molar-refractivity contribution < 1.29 is 4.79 Å². The van der Waals surface area contributed by atoms with Gasteiger partial charge in [-0.1, -0.05) is 12.8 Å². The summed E-state index contributed by atoms with van der Waals surface area (Å²) in [5.74, 6) is -0.136. The molecule has 1 fully saturated rings. The molecule has 1 amide bonds. The Morgan fingerprint density at radius 2 is 1.88 bits per heavy atom. The number of amides is 1. The van der Waals surface area contributed by atoms with E-state index in [1.54, 1.807) is 17.4 Å². The van der Waals surface area contributed by atoms with Crippen molar-refractivity contribution in [3.8, 4) is 0 Å². The molecule has 1 aliphatic heterocycles. The number of hydrogen-bond donors (Lipinski definition) is 1. The van der Waals surface area contributed by atoms with Crippen LogP contribution in [0.15, 0.2) is 35.7 Å². The van der Waals surface area contributed by atoms with Gasteiger partial charge in [0.25, 0.3) is 0 Å². The largest absolute Gasteiger partial charge is 0.372 e. The summed E-state index contributed by atoms with van der Waals surface area (Å²) in [4.78, 5) is 18.7. The van der Waals surface area contributed by atoms with Crippen molar-refractivity contribution in [3.05, 3.63) is 46.4 Å². The Hall–Kier alpha value is -2.14. The van der Waals surface area contributed by atoms with Crippen LogP contribution in [-0.2, 0) is 4.79 Å². The second-order valence-electron chi connectivity index (χ2n) is 6.06. The zero-order chi connectivity index (χ0) is 16.8. The Morgan fingerprint density at radius 3 is 2.50 bits per heavy atom. The lowest BCUT2D eigenvalue weighted by Crippen LogP contribution is -2.23. The average molecular weight is 341 g/mol. The van der Waals surface area contributed by atoms with Crippen molar-refractivity contribution in [1.29, 1.82) is 0 Å². The highest BCUT2D eigenvalue weighted by Crippen LogP contribution is 2.21. The second-order valence-corrected chi connectivity index (χ2v) is 7.12. The lowest BCUT2D eigenvalue weighted by atomic mass is 10.2. The molecule has 2 heterocycles. The molecule has 0 atom stereocenters. The summed E-state index contributed by atoms with van der Waals surface area (Å²) in [6, 6.07) is 8.13. The molecule has 2 aromatic rings. The molecule has 5 heteroatoms. The van der Waals surface area contributed by atoms with Gasteiger partial charge in [-0.25, -0.2) is 4.98 Å². The van der Waals surface area contributed by atoms with E-state index in [0.717, 1.165) is 29.5 Å². The van der Waals surface area contributed by atoms with Crippen LogP contribution in [-0.4, -0.2) is 24.0 Å². The molecular weight excluding hydrogens is 318 g/mol. The lowest BCUT2D eigenvalue weighted by molar-refractivity contribution is -0.111. The van der Waals surface area contributed by atoms with Crippen molar-refractivity contribution in [2.24, 2.45) is 0 Å². The van der Waals surface area contributed by atoms with Crippen molar-refractivity contribution in [1.82, 2.24) is 4.98 Å². The fraction of sp³-hybridized carbons (Fsp3) is 0.368. The number of nitrogens with one attached hydrogen (secondary N) is 1. The molecule has 1 saturated heterocycles. The first-order valence-electron chi connectivity index (χ1n) is 8.47. The topological polar surface area (TPSA) is 45.2 Å². The van der Waals surface area contributed by atoms with Gasteiger partial charge < -0.3 is 10.2 Å². The van der Waals surface area contributed by atoms with E-state index in [-0.39, 0.29) is 5.91 Å². The zero-order valence-corrected chi connectivity index (χ0v) is 14.8. The molecular formula is C19H23N3OS. The van der Waals surface area contributed by atoms with Crippen LogP contribution in [0.5, 0.6) is 0 Å². The molecule has 1 aromatic carbocycles. The summed E-state index contributed by atoms with van der Waals surface area (Å²) in [6.45, 7) is 4.21. The van der Waals surface area contributed by atoms with Crippen molar-refractivity contribution >= 4 is 34.7 Å². The van der Waals surface area contributed by atoms with E-state index in [4.69, 9.17) is 0 Å². The Balaban J connectivity index is 1.57. The van der Waals surface area contributed by atoms with E-state index in [2.05, 4.69) is 27.3 Å². The smallest absolute Gasteiger partial charge is 0.248 e. The summed E-state index contributed by atoms with van der Waals surface area (Å²) in [7, 11) is 0. The van der Waals surface area contributed by atoms with Crippen LogP contribution in [0.25, 0.3) is 6.08 Å². The Bertz CT molecular complexity index is 698. The van der Waals surface area contributed by atoms with Gasteiger partial charge in [-0.3, -0.25) is 4.79 Å². The number of hydrogen-bond acceptors (Lipinski definition) is 4. The van der Waals surface area contributed by atoms with Crippen molar-refractivity contribution in [3.63, 3.8) is 0 Å². The molecule has 0 unspecified atom stereocenters. The lowest BCUT2D eigenvalue weighted by Gasteiger charge is -2.22. The fourth-order valence-electron chi connectivity index (χ4n) is 2.89.